The molecule has 0 spiro atoms. The van der Waals surface area contributed by atoms with Crippen molar-refractivity contribution >= 4 is 0 Å². The second-order valence-electron chi connectivity index (χ2n) is 5.64. The fourth-order valence-electron chi connectivity index (χ4n) is 2.39. The highest BCUT2D eigenvalue weighted by Gasteiger charge is 2.33. The van der Waals surface area contributed by atoms with Gasteiger partial charge < -0.3 is 15.5 Å². The summed E-state index contributed by atoms with van der Waals surface area (Å²) in [6.07, 6.45) is 6.88. The van der Waals surface area contributed by atoms with Crippen molar-refractivity contribution in [3.8, 4) is 0 Å². The van der Waals surface area contributed by atoms with E-state index in [1.807, 2.05) is 6.92 Å². The first-order chi connectivity index (χ1) is 7.60. The van der Waals surface area contributed by atoms with Crippen molar-refractivity contribution in [2.24, 2.45) is 5.41 Å². The maximum Gasteiger partial charge on any atom is 0.0610 e. The van der Waals surface area contributed by atoms with Crippen molar-refractivity contribution in [3.63, 3.8) is 0 Å². The first-order valence-corrected chi connectivity index (χ1v) is 6.56. The molecule has 0 radical (unpaired) electrons. The van der Waals surface area contributed by atoms with Gasteiger partial charge in [-0.2, -0.15) is 0 Å². The Morgan fingerprint density at radius 2 is 1.81 bits per heavy atom. The Bertz CT molecular complexity index is 196. The minimum absolute atomic E-state index is 0.0594. The molecule has 1 unspecified atom stereocenters. The highest BCUT2D eigenvalue weighted by Crippen LogP contribution is 2.35. The smallest absolute Gasteiger partial charge is 0.0610 e. The van der Waals surface area contributed by atoms with Crippen molar-refractivity contribution in [1.82, 2.24) is 5.32 Å². The molecule has 1 saturated carbocycles. The number of aliphatic hydroxyl groups is 2. The standard InChI is InChI=1S/C13H27NO2/c1-3-12(2,10-15)14-9-13(11-16)7-5-4-6-8-13/h14-16H,3-11H2,1-2H3. The molecule has 1 fully saturated rings. The monoisotopic (exact) mass is 229 g/mol. The molecule has 96 valence electrons. The molecule has 0 aromatic carbocycles. The van der Waals surface area contributed by atoms with E-state index in [2.05, 4.69) is 12.2 Å². The van der Waals surface area contributed by atoms with Crippen LogP contribution in [0.25, 0.3) is 0 Å². The summed E-state index contributed by atoms with van der Waals surface area (Å²) in [6, 6.07) is 0. The van der Waals surface area contributed by atoms with Gasteiger partial charge in [0.15, 0.2) is 0 Å². The van der Waals surface area contributed by atoms with Crippen LogP contribution in [-0.2, 0) is 0 Å². The van der Waals surface area contributed by atoms with Gasteiger partial charge in [0.05, 0.1) is 6.61 Å². The summed E-state index contributed by atoms with van der Waals surface area (Å²) in [5.74, 6) is 0. The summed E-state index contributed by atoms with van der Waals surface area (Å²) < 4.78 is 0. The molecule has 0 heterocycles. The van der Waals surface area contributed by atoms with E-state index in [1.54, 1.807) is 0 Å². The van der Waals surface area contributed by atoms with Crippen LogP contribution in [0.3, 0.4) is 0 Å². The van der Waals surface area contributed by atoms with Gasteiger partial charge in [0, 0.05) is 24.1 Å². The number of rotatable bonds is 6. The van der Waals surface area contributed by atoms with Crippen molar-refractivity contribution < 1.29 is 10.2 Å². The predicted molar refractivity (Wildman–Crippen MR) is 66.4 cm³/mol. The van der Waals surface area contributed by atoms with E-state index in [4.69, 9.17) is 0 Å². The van der Waals surface area contributed by atoms with E-state index in [1.165, 1.54) is 19.3 Å². The number of hydrogen-bond donors (Lipinski definition) is 3. The number of hydrogen-bond acceptors (Lipinski definition) is 3. The predicted octanol–water partition coefficient (Wildman–Crippen LogP) is 1.68. The average molecular weight is 229 g/mol. The average Bonchev–Trinajstić information content (AvgIpc) is 2.37. The van der Waals surface area contributed by atoms with Gasteiger partial charge in [0.1, 0.15) is 0 Å². The van der Waals surface area contributed by atoms with Crippen LogP contribution in [0.4, 0.5) is 0 Å². The van der Waals surface area contributed by atoms with Gasteiger partial charge in [-0.25, -0.2) is 0 Å². The van der Waals surface area contributed by atoms with Crippen LogP contribution in [0.2, 0.25) is 0 Å². The fraction of sp³-hybridized carbons (Fsp3) is 1.00. The fourth-order valence-corrected chi connectivity index (χ4v) is 2.39. The molecule has 3 nitrogen and oxygen atoms in total. The lowest BCUT2D eigenvalue weighted by atomic mass is 9.74. The minimum atomic E-state index is -0.195. The van der Waals surface area contributed by atoms with E-state index in [0.717, 1.165) is 25.8 Å². The quantitative estimate of drug-likeness (QED) is 0.649. The molecule has 0 aromatic rings. The van der Waals surface area contributed by atoms with E-state index in [-0.39, 0.29) is 24.2 Å². The van der Waals surface area contributed by atoms with Crippen LogP contribution in [0.1, 0.15) is 52.4 Å². The lowest BCUT2D eigenvalue weighted by Crippen LogP contribution is -2.51. The Hall–Kier alpha value is -0.120. The zero-order chi connectivity index (χ0) is 12.1. The molecule has 0 bridgehead atoms. The van der Waals surface area contributed by atoms with Crippen molar-refractivity contribution in [2.45, 2.75) is 57.9 Å². The van der Waals surface area contributed by atoms with Crippen molar-refractivity contribution in [2.75, 3.05) is 19.8 Å². The van der Waals surface area contributed by atoms with Gasteiger partial charge >= 0.3 is 0 Å². The van der Waals surface area contributed by atoms with Gasteiger partial charge in [-0.3, -0.25) is 0 Å². The molecular weight excluding hydrogens is 202 g/mol. The van der Waals surface area contributed by atoms with E-state index in [9.17, 15) is 10.2 Å². The van der Waals surface area contributed by atoms with Crippen LogP contribution < -0.4 is 5.32 Å². The van der Waals surface area contributed by atoms with Gasteiger partial charge in [-0.05, 0) is 26.2 Å². The first kappa shape index (κ1) is 13.9. The normalized spacial score (nSPS) is 24.0. The molecule has 1 rings (SSSR count). The third-order valence-electron chi connectivity index (χ3n) is 4.27. The largest absolute Gasteiger partial charge is 0.396 e. The minimum Gasteiger partial charge on any atom is -0.396 e. The van der Waals surface area contributed by atoms with Crippen LogP contribution in [0.5, 0.6) is 0 Å². The van der Waals surface area contributed by atoms with Gasteiger partial charge in [-0.1, -0.05) is 26.2 Å². The summed E-state index contributed by atoms with van der Waals surface area (Å²) in [5, 5.41) is 22.4. The zero-order valence-electron chi connectivity index (χ0n) is 10.8. The van der Waals surface area contributed by atoms with Crippen molar-refractivity contribution in [1.29, 1.82) is 0 Å². The van der Waals surface area contributed by atoms with Crippen LogP contribution >= 0.6 is 0 Å². The topological polar surface area (TPSA) is 52.5 Å². The van der Waals surface area contributed by atoms with Gasteiger partial charge in [-0.15, -0.1) is 0 Å². The maximum atomic E-state index is 9.58. The highest BCUT2D eigenvalue weighted by atomic mass is 16.3. The van der Waals surface area contributed by atoms with Crippen LogP contribution in [-0.4, -0.2) is 35.5 Å². The molecule has 0 saturated heterocycles. The molecule has 16 heavy (non-hydrogen) atoms. The van der Waals surface area contributed by atoms with Crippen LogP contribution in [0, 0.1) is 5.41 Å². The summed E-state index contributed by atoms with van der Waals surface area (Å²) in [6.45, 7) is 5.38. The summed E-state index contributed by atoms with van der Waals surface area (Å²) in [7, 11) is 0. The molecular formula is C13H27NO2. The Balaban J connectivity index is 2.50. The summed E-state index contributed by atoms with van der Waals surface area (Å²) in [5.41, 5.74) is -0.135. The van der Waals surface area contributed by atoms with Gasteiger partial charge in [0.25, 0.3) is 0 Å². The molecule has 1 aliphatic rings. The molecule has 3 N–H and O–H groups in total. The first-order valence-electron chi connectivity index (χ1n) is 6.56. The summed E-state index contributed by atoms with van der Waals surface area (Å²) in [4.78, 5) is 0. The lowest BCUT2D eigenvalue weighted by molar-refractivity contribution is 0.0632. The Labute approximate surface area is 99.3 Å². The molecule has 0 aromatic heterocycles. The third-order valence-corrected chi connectivity index (χ3v) is 4.27. The molecule has 0 amide bonds. The van der Waals surface area contributed by atoms with Crippen molar-refractivity contribution in [3.05, 3.63) is 0 Å². The maximum absolute atomic E-state index is 9.58. The van der Waals surface area contributed by atoms with Crippen LogP contribution in [0.15, 0.2) is 0 Å². The number of aliphatic hydroxyl groups excluding tert-OH is 2. The van der Waals surface area contributed by atoms with E-state index >= 15 is 0 Å². The second-order valence-corrected chi connectivity index (χ2v) is 5.64. The Morgan fingerprint density at radius 1 is 1.19 bits per heavy atom. The molecule has 3 heteroatoms. The number of nitrogens with one attached hydrogen (secondary N) is 1. The summed E-state index contributed by atoms with van der Waals surface area (Å²) >= 11 is 0. The molecule has 1 aliphatic carbocycles. The lowest BCUT2D eigenvalue weighted by Gasteiger charge is -2.39. The SMILES string of the molecule is CCC(C)(CO)NCC1(CO)CCCCC1. The third kappa shape index (κ3) is 3.44. The Kier molecular flexibility index (Phi) is 5.22. The molecule has 1 atom stereocenters. The zero-order valence-corrected chi connectivity index (χ0v) is 10.8. The second kappa shape index (κ2) is 5.99. The van der Waals surface area contributed by atoms with E-state index < -0.39 is 0 Å². The highest BCUT2D eigenvalue weighted by molar-refractivity contribution is 4.89. The molecule has 0 aliphatic heterocycles. The van der Waals surface area contributed by atoms with E-state index in [0.29, 0.717) is 0 Å². The Morgan fingerprint density at radius 3 is 2.25 bits per heavy atom. The van der Waals surface area contributed by atoms with Gasteiger partial charge in [0.2, 0.25) is 0 Å².